The van der Waals surface area contributed by atoms with Crippen molar-refractivity contribution < 1.29 is 4.57 Å². The summed E-state index contributed by atoms with van der Waals surface area (Å²) in [5.74, 6) is 0. The Morgan fingerprint density at radius 1 is 0.465 bits per heavy atom. The topological polar surface area (TPSA) is 8.81 Å². The molecule has 0 N–H and O–H groups in total. The molecular weight excluding hydrogens is 520 g/mol. The van der Waals surface area contributed by atoms with Crippen molar-refractivity contribution in [3.8, 4) is 0 Å². The molecule has 1 unspecified atom stereocenters. The Bertz CT molecular complexity index is 690. The van der Waals surface area contributed by atoms with Gasteiger partial charge in [0, 0.05) is 0 Å². The highest BCUT2D eigenvalue weighted by Crippen LogP contribution is 2.24. The zero-order chi connectivity index (χ0) is 30.9. The molecule has 0 fully saturated rings. The minimum atomic E-state index is 0.699. The second kappa shape index (κ2) is 32.3. The summed E-state index contributed by atoms with van der Waals surface area (Å²) in [6, 6.07) is 0.699. The maximum atomic E-state index is 2.50. The number of unbranched alkanes of at least 4 members (excludes halogenated alkanes) is 27. The lowest BCUT2D eigenvalue weighted by molar-refractivity contribution is -0.671. The van der Waals surface area contributed by atoms with Crippen LogP contribution in [0.1, 0.15) is 225 Å². The van der Waals surface area contributed by atoms with Gasteiger partial charge in [-0.3, -0.25) is 0 Å². The van der Waals surface area contributed by atoms with Crippen LogP contribution in [-0.2, 0) is 7.05 Å². The van der Waals surface area contributed by atoms with Crippen LogP contribution in [-0.4, -0.2) is 4.57 Å². The normalized spacial score (nSPS) is 12.5. The zero-order valence-corrected chi connectivity index (χ0v) is 30.0. The van der Waals surface area contributed by atoms with Crippen molar-refractivity contribution in [3.05, 3.63) is 30.9 Å². The van der Waals surface area contributed by atoms with E-state index in [2.05, 4.69) is 60.9 Å². The molecule has 0 spiro atoms. The van der Waals surface area contributed by atoms with Crippen LogP contribution in [0.15, 0.2) is 30.9 Å². The third kappa shape index (κ3) is 27.0. The number of hydrogen-bond donors (Lipinski definition) is 0. The molecule has 43 heavy (non-hydrogen) atoms. The molecule has 1 atom stereocenters. The average molecular weight is 600 g/mol. The van der Waals surface area contributed by atoms with Gasteiger partial charge in [0.2, 0.25) is 6.33 Å². The van der Waals surface area contributed by atoms with Gasteiger partial charge in [0.25, 0.3) is 0 Å². The summed E-state index contributed by atoms with van der Waals surface area (Å²) in [4.78, 5) is 0. The molecular formula is C41H79N2+. The number of aryl methyl sites for hydroxylation is 1. The summed E-state index contributed by atoms with van der Waals surface area (Å²) < 4.78 is 4.71. The van der Waals surface area contributed by atoms with E-state index in [9.17, 15) is 0 Å². The third-order valence-electron chi connectivity index (χ3n) is 9.65. The Morgan fingerprint density at radius 3 is 1.12 bits per heavy atom. The first kappa shape index (κ1) is 40.0. The molecule has 0 saturated carbocycles. The molecule has 0 aliphatic rings. The van der Waals surface area contributed by atoms with Crippen LogP contribution in [0.3, 0.4) is 0 Å². The first-order valence-electron chi connectivity index (χ1n) is 20.0. The predicted octanol–water partition coefficient (Wildman–Crippen LogP) is 13.9. The van der Waals surface area contributed by atoms with E-state index in [1.54, 1.807) is 0 Å². The molecule has 2 nitrogen and oxygen atoms in total. The van der Waals surface area contributed by atoms with Gasteiger partial charge >= 0.3 is 0 Å². The molecule has 1 aromatic heterocycles. The summed E-state index contributed by atoms with van der Waals surface area (Å²) in [5.41, 5.74) is 0. The van der Waals surface area contributed by atoms with Crippen LogP contribution in [0, 0.1) is 0 Å². The highest BCUT2D eigenvalue weighted by Gasteiger charge is 2.15. The van der Waals surface area contributed by atoms with Crippen molar-refractivity contribution in [1.29, 1.82) is 0 Å². The smallest absolute Gasteiger partial charge is 0.240 e. The second-order valence-corrected chi connectivity index (χ2v) is 14.0. The summed E-state index contributed by atoms with van der Waals surface area (Å²) in [7, 11) is 2.16. The first-order chi connectivity index (χ1) is 21.3. The van der Waals surface area contributed by atoms with E-state index in [0.717, 1.165) is 0 Å². The lowest BCUT2D eigenvalue weighted by atomic mass is 9.99. The fraction of sp³-hybridized carbons (Fsp3) is 0.878. The van der Waals surface area contributed by atoms with E-state index in [1.165, 1.54) is 205 Å². The van der Waals surface area contributed by atoms with Crippen LogP contribution < -0.4 is 4.57 Å². The molecule has 2 heteroatoms. The SMILES string of the molecule is CCCCCCCC/C=C\CCCCCCCCC(CCCCCCCCCCCCCCCCCC)n1cc[n+](C)c1. The minimum absolute atomic E-state index is 0.699. The maximum Gasteiger partial charge on any atom is 0.243 e. The third-order valence-corrected chi connectivity index (χ3v) is 9.65. The number of rotatable bonds is 34. The molecule has 0 aliphatic heterocycles. The van der Waals surface area contributed by atoms with Crippen molar-refractivity contribution in [3.63, 3.8) is 0 Å². The van der Waals surface area contributed by atoms with Gasteiger partial charge in [-0.05, 0) is 51.4 Å². The predicted molar refractivity (Wildman–Crippen MR) is 193 cm³/mol. The van der Waals surface area contributed by atoms with Gasteiger partial charge in [-0.1, -0.05) is 180 Å². The molecule has 252 valence electrons. The van der Waals surface area contributed by atoms with Crippen molar-refractivity contribution in [1.82, 2.24) is 4.57 Å². The Labute approximate surface area is 271 Å². The molecule has 1 rings (SSSR count). The number of imidazole rings is 1. The first-order valence-corrected chi connectivity index (χ1v) is 20.0. The Hall–Kier alpha value is -1.05. The number of nitrogens with zero attached hydrogens (tertiary/aromatic N) is 2. The molecule has 0 bridgehead atoms. The highest BCUT2D eigenvalue weighted by molar-refractivity contribution is 4.81. The van der Waals surface area contributed by atoms with Gasteiger partial charge in [-0.15, -0.1) is 0 Å². The van der Waals surface area contributed by atoms with Crippen LogP contribution >= 0.6 is 0 Å². The fourth-order valence-electron chi connectivity index (χ4n) is 6.68. The Kier molecular flexibility index (Phi) is 30.1. The van der Waals surface area contributed by atoms with E-state index >= 15 is 0 Å². The van der Waals surface area contributed by atoms with Gasteiger partial charge in [-0.25, -0.2) is 9.13 Å². The van der Waals surface area contributed by atoms with Gasteiger partial charge in [0.15, 0.2) is 0 Å². The molecule has 1 aromatic rings. The Balaban J connectivity index is 1.98. The number of allylic oxidation sites excluding steroid dienone is 2. The molecule has 0 aliphatic carbocycles. The zero-order valence-electron chi connectivity index (χ0n) is 30.0. The lowest BCUT2D eigenvalue weighted by Crippen LogP contribution is -2.24. The Morgan fingerprint density at radius 2 is 0.791 bits per heavy atom. The molecule has 0 saturated heterocycles. The monoisotopic (exact) mass is 600 g/mol. The van der Waals surface area contributed by atoms with E-state index in [4.69, 9.17) is 0 Å². The van der Waals surface area contributed by atoms with E-state index in [-0.39, 0.29) is 0 Å². The van der Waals surface area contributed by atoms with E-state index < -0.39 is 0 Å². The van der Waals surface area contributed by atoms with Crippen LogP contribution in [0.4, 0.5) is 0 Å². The quantitative estimate of drug-likeness (QED) is 0.0423. The standard InChI is InChI=1S/C41H79N2/c1-4-6-8-10-12-14-16-18-20-22-24-26-28-30-32-34-36-41(43-39-38-42(3)40-43)37-35-33-31-29-27-25-23-21-19-17-15-13-11-9-7-5-2/h18,20,38-41H,4-17,19,21-37H2,1-3H3/q+1/b20-18-. The van der Waals surface area contributed by atoms with Crippen molar-refractivity contribution in [2.45, 2.75) is 225 Å². The summed E-state index contributed by atoms with van der Waals surface area (Å²) in [6.45, 7) is 4.61. The highest BCUT2D eigenvalue weighted by atomic mass is 15.1. The van der Waals surface area contributed by atoms with Crippen molar-refractivity contribution >= 4 is 0 Å². The molecule has 0 aromatic carbocycles. The van der Waals surface area contributed by atoms with Gasteiger partial charge in [-0.2, -0.15) is 0 Å². The fourth-order valence-corrected chi connectivity index (χ4v) is 6.68. The minimum Gasteiger partial charge on any atom is -0.240 e. The van der Waals surface area contributed by atoms with E-state index in [1.807, 2.05) is 0 Å². The van der Waals surface area contributed by atoms with Gasteiger partial charge < -0.3 is 0 Å². The van der Waals surface area contributed by atoms with Crippen LogP contribution in [0.2, 0.25) is 0 Å². The summed E-state index contributed by atoms with van der Waals surface area (Å²) in [6.07, 6.45) is 57.2. The maximum absolute atomic E-state index is 2.50. The summed E-state index contributed by atoms with van der Waals surface area (Å²) in [5, 5.41) is 0. The largest absolute Gasteiger partial charge is 0.243 e. The number of hydrogen-bond acceptors (Lipinski definition) is 0. The molecule has 0 radical (unpaired) electrons. The van der Waals surface area contributed by atoms with Crippen LogP contribution in [0.5, 0.6) is 0 Å². The summed E-state index contributed by atoms with van der Waals surface area (Å²) >= 11 is 0. The van der Waals surface area contributed by atoms with Gasteiger partial charge in [0.1, 0.15) is 18.4 Å². The molecule has 0 amide bonds. The van der Waals surface area contributed by atoms with E-state index in [0.29, 0.717) is 6.04 Å². The molecule has 1 heterocycles. The van der Waals surface area contributed by atoms with Crippen molar-refractivity contribution in [2.24, 2.45) is 7.05 Å². The second-order valence-electron chi connectivity index (χ2n) is 14.0. The number of aromatic nitrogens is 2. The average Bonchev–Trinajstić information content (AvgIpc) is 3.45. The lowest BCUT2D eigenvalue weighted by Gasteiger charge is -2.14. The van der Waals surface area contributed by atoms with Crippen LogP contribution in [0.25, 0.3) is 0 Å². The van der Waals surface area contributed by atoms with Crippen molar-refractivity contribution in [2.75, 3.05) is 0 Å². The van der Waals surface area contributed by atoms with Gasteiger partial charge in [0.05, 0.1) is 7.05 Å².